The number of carbonyl (C=O) groups excluding carboxylic acids is 1. The molecule has 14 rings (SSSR count). The van der Waals surface area contributed by atoms with Gasteiger partial charge in [0.05, 0.1) is 51.3 Å². The van der Waals surface area contributed by atoms with E-state index in [4.69, 9.17) is 85.0 Å². The lowest BCUT2D eigenvalue weighted by molar-refractivity contribution is -0.419. The topological polar surface area (TPSA) is 252 Å². The summed E-state index contributed by atoms with van der Waals surface area (Å²) in [6, 6.07) is 64.5. The van der Waals surface area contributed by atoms with Gasteiger partial charge in [0, 0.05) is 21.6 Å². The first-order chi connectivity index (χ1) is 50.1. The number of aliphatic hydroxyl groups excluding tert-OH is 1. The molecule has 0 spiro atoms. The number of nitrogens with zero attached hydrogens (tertiary/aromatic N) is 3. The van der Waals surface area contributed by atoms with Crippen molar-refractivity contribution < 1.29 is 94.9 Å². The van der Waals surface area contributed by atoms with Crippen molar-refractivity contribution in [1.29, 1.82) is 0 Å². The molecule has 0 amide bonds. The fraction of sp³-hybridized carbons (Fsp3) is 0.456. The Morgan fingerprint density at radius 1 is 0.466 bits per heavy atom. The van der Waals surface area contributed by atoms with Gasteiger partial charge in [0.15, 0.2) is 64.6 Å². The predicted octanol–water partition coefficient (Wildman–Crippen LogP) is 12.4. The largest absolute Gasteiger partial charge is 0.453 e. The molecule has 23 nitrogen and oxygen atoms in total. The summed E-state index contributed by atoms with van der Waals surface area (Å²) >= 11 is 0. The third kappa shape index (κ3) is 16.9. The lowest BCUT2D eigenvalue weighted by atomic mass is 9.93. The minimum atomic E-state index is -2.70. The summed E-state index contributed by atoms with van der Waals surface area (Å²) in [6.45, 7) is 12.5. The summed E-state index contributed by atoms with van der Waals surface area (Å²) in [5, 5.41) is 17.1. The Labute approximate surface area is 600 Å². The van der Waals surface area contributed by atoms with Crippen LogP contribution in [0.4, 0.5) is 0 Å². The molecule has 7 aliphatic rings. The van der Waals surface area contributed by atoms with Crippen LogP contribution >= 0.6 is 0 Å². The molecule has 23 atom stereocenters. The second-order valence-electron chi connectivity index (χ2n) is 28.3. The van der Waals surface area contributed by atoms with Gasteiger partial charge in [-0.2, -0.15) is 0 Å². The van der Waals surface area contributed by atoms with Gasteiger partial charge in [-0.05, 0) is 59.4 Å². The molecule has 0 aromatic heterocycles. The molecule has 7 aromatic rings. The average Bonchev–Trinajstić information content (AvgIpc) is 0.746. The van der Waals surface area contributed by atoms with E-state index in [9.17, 15) is 10.6 Å². The molecule has 0 saturated carbocycles. The molecule has 0 radical (unpaired) electrons. The SMILES string of the molecule is C[C@@H]1O[C@@H](O[C@H]2[C@H](O[C@@H]3[C@@H](N=[N+]=[N-])[C@H](O[C@@H]4[C@@H](O)[C@H](O[Si](C)(C)C(C)(C)C)O[C@@H]5CO[C@H](c6ccccc6)O[C@H]45)O[C@@H]4CO[C@H](c5ccccc5)O[C@H]34)O[C@@H]3CO[C@H](c4ccccc4)O[C@@H]3[C@@H]2OC(=O)c2ccccc2)[C@@H](OCc2ccccc2)[C@H](OCc2ccccc2)[C@@H]1OCc1ccccc1. The molecule has 7 aliphatic heterocycles. The number of aliphatic hydroxyl groups is 1. The van der Waals surface area contributed by atoms with E-state index in [2.05, 4.69) is 43.9 Å². The first-order valence-electron chi connectivity index (χ1n) is 35.3. The van der Waals surface area contributed by atoms with E-state index in [0.717, 1.165) is 16.7 Å². The van der Waals surface area contributed by atoms with Gasteiger partial charge in [-0.25, -0.2) is 4.79 Å². The molecule has 0 aliphatic carbocycles. The zero-order valence-electron chi connectivity index (χ0n) is 58.3. The lowest BCUT2D eigenvalue weighted by Crippen LogP contribution is -2.70. The summed E-state index contributed by atoms with van der Waals surface area (Å²) in [7, 11) is -2.70. The molecule has 0 bridgehead atoms. The van der Waals surface area contributed by atoms with Gasteiger partial charge in [0.2, 0.25) is 0 Å². The van der Waals surface area contributed by atoms with E-state index >= 15 is 4.79 Å². The molecule has 7 fully saturated rings. The van der Waals surface area contributed by atoms with Crippen LogP contribution in [0.5, 0.6) is 0 Å². The van der Waals surface area contributed by atoms with Gasteiger partial charge in [0.1, 0.15) is 79.3 Å². The van der Waals surface area contributed by atoms with E-state index < -0.39 is 156 Å². The van der Waals surface area contributed by atoms with Gasteiger partial charge in [-0.1, -0.05) is 226 Å². The van der Waals surface area contributed by atoms with E-state index in [-0.39, 0.29) is 50.2 Å². The van der Waals surface area contributed by atoms with E-state index in [1.165, 1.54) is 0 Å². The summed E-state index contributed by atoms with van der Waals surface area (Å²) < 4.78 is 126. The maximum atomic E-state index is 15.1. The summed E-state index contributed by atoms with van der Waals surface area (Å²) in [4.78, 5) is 18.6. The summed E-state index contributed by atoms with van der Waals surface area (Å²) in [6.07, 6.45) is -25.8. The Morgan fingerprint density at radius 2 is 0.845 bits per heavy atom. The summed E-state index contributed by atoms with van der Waals surface area (Å²) in [5.41, 5.74) is 15.9. The maximum Gasteiger partial charge on any atom is 0.338 e. The van der Waals surface area contributed by atoms with Gasteiger partial charge < -0.3 is 90.1 Å². The monoisotopic (exact) mass is 1430 g/mol. The average molecular weight is 1430 g/mol. The first-order valence-corrected chi connectivity index (χ1v) is 38.2. The number of hydrogen-bond donors (Lipinski definition) is 1. The van der Waals surface area contributed by atoms with Crippen LogP contribution < -0.4 is 0 Å². The molecule has 0 unspecified atom stereocenters. The Morgan fingerprint density at radius 3 is 1.31 bits per heavy atom. The molecule has 1 N–H and O–H groups in total. The smallest absolute Gasteiger partial charge is 0.338 e. The van der Waals surface area contributed by atoms with E-state index in [1.54, 1.807) is 30.3 Å². The molecule has 7 heterocycles. The Hall–Kier alpha value is -7.18. The van der Waals surface area contributed by atoms with Gasteiger partial charge in [-0.3, -0.25) is 0 Å². The van der Waals surface area contributed by atoms with Crippen molar-refractivity contribution in [2.75, 3.05) is 19.8 Å². The number of ether oxygens (including phenoxy) is 17. The minimum absolute atomic E-state index is 0.0273. The predicted molar refractivity (Wildman–Crippen MR) is 373 cm³/mol. The molecule has 544 valence electrons. The molecular formula is C79H89N3O20Si. The van der Waals surface area contributed by atoms with Crippen molar-refractivity contribution in [1.82, 2.24) is 0 Å². The highest BCUT2D eigenvalue weighted by Gasteiger charge is 2.61. The van der Waals surface area contributed by atoms with Crippen LogP contribution in [0.1, 0.15) is 90.3 Å². The Balaban J connectivity index is 0.881. The second kappa shape index (κ2) is 33.1. The maximum absolute atomic E-state index is 15.1. The number of benzene rings is 7. The third-order valence-corrected chi connectivity index (χ3v) is 24.7. The second-order valence-corrected chi connectivity index (χ2v) is 33.0. The summed E-state index contributed by atoms with van der Waals surface area (Å²) in [5.74, 6) is -0.725. The third-order valence-electron chi connectivity index (χ3n) is 20.2. The molecule has 24 heteroatoms. The van der Waals surface area contributed by atoms with Gasteiger partial charge >= 0.3 is 5.97 Å². The van der Waals surface area contributed by atoms with Gasteiger partial charge in [0.25, 0.3) is 0 Å². The van der Waals surface area contributed by atoms with Crippen molar-refractivity contribution >= 4 is 14.3 Å². The normalized spacial score (nSPS) is 33.8. The number of carbonyl (C=O) groups is 1. The zero-order chi connectivity index (χ0) is 71.0. The fourth-order valence-electron chi connectivity index (χ4n) is 13.8. The van der Waals surface area contributed by atoms with E-state index in [1.807, 2.05) is 189 Å². The number of esters is 1. The standard InChI is InChI=1S/C79H89N3O20Si/c1-48-61(85-42-49-28-14-7-15-29-49)67(86-43-50-30-16-8-17-31-50)69(87-44-51-32-18-9-19-33-51)77(91-48)101-70-68(95-71(84)52-34-20-10-21-35-52)64-58(47-90-74(98-64)55-40-26-13-27-41-55)94-78(70)99-65-59(81-82-80)75(92-56-45-88-72(96-62(56)65)53-36-22-11-23-37-53)100-66-60(83)76(102-103(5,6)79(2,3)4)93-57-46-89-73(97-63(57)66)54-38-24-12-25-39-54/h7-41,48,56-70,72-78,83H,42-47H2,1-6H3/t48-,56+,57+,58+,59+,60+,61+,62-,63-,64-,65+,66+,67+,68-,69-,70+,72-,73-,74-,75-,76-,77-,78-/m0/s1. The van der Waals surface area contributed by atoms with Crippen LogP contribution in [-0.2, 0) is 105 Å². The van der Waals surface area contributed by atoms with Crippen LogP contribution in [0.2, 0.25) is 18.1 Å². The highest BCUT2D eigenvalue weighted by molar-refractivity contribution is 6.74. The highest BCUT2D eigenvalue weighted by atomic mass is 28.4. The van der Waals surface area contributed by atoms with Crippen LogP contribution in [-0.4, -0.2) is 162 Å². The molecular weight excluding hydrogens is 1340 g/mol. The quantitative estimate of drug-likeness (QED) is 0.0205. The minimum Gasteiger partial charge on any atom is -0.453 e. The van der Waals surface area contributed by atoms with Crippen molar-refractivity contribution in [2.24, 2.45) is 5.11 Å². The number of azide groups is 1. The van der Waals surface area contributed by atoms with Crippen LogP contribution in [0.3, 0.4) is 0 Å². The van der Waals surface area contributed by atoms with Gasteiger partial charge in [-0.15, -0.1) is 0 Å². The Kier molecular flexibility index (Phi) is 23.4. The first kappa shape index (κ1) is 72.7. The van der Waals surface area contributed by atoms with Crippen LogP contribution in [0, 0.1) is 0 Å². The highest BCUT2D eigenvalue weighted by Crippen LogP contribution is 2.47. The number of hydrogen-bond acceptors (Lipinski definition) is 21. The van der Waals surface area contributed by atoms with E-state index in [0.29, 0.717) is 16.7 Å². The molecule has 103 heavy (non-hydrogen) atoms. The molecule has 7 saturated heterocycles. The zero-order valence-corrected chi connectivity index (χ0v) is 59.3. The molecule has 7 aromatic carbocycles. The van der Waals surface area contributed by atoms with Crippen molar-refractivity contribution in [3.63, 3.8) is 0 Å². The Bertz CT molecular complexity index is 3860. The number of fused-ring (bicyclic) bond motifs is 3. The lowest BCUT2D eigenvalue weighted by Gasteiger charge is -2.54. The fourth-order valence-corrected chi connectivity index (χ4v) is 14.9. The van der Waals surface area contributed by atoms with Crippen molar-refractivity contribution in [3.8, 4) is 0 Å². The van der Waals surface area contributed by atoms with Crippen molar-refractivity contribution in [3.05, 3.63) is 262 Å². The van der Waals surface area contributed by atoms with Crippen molar-refractivity contribution in [2.45, 2.75) is 207 Å². The van der Waals surface area contributed by atoms with Crippen LogP contribution in [0.15, 0.2) is 217 Å². The van der Waals surface area contributed by atoms with Crippen LogP contribution in [0.25, 0.3) is 10.4 Å². The number of rotatable bonds is 23.